The van der Waals surface area contributed by atoms with Crippen molar-refractivity contribution in [2.45, 2.75) is 13.0 Å². The minimum absolute atomic E-state index is 0.192. The zero-order valence-electron chi connectivity index (χ0n) is 10.6. The van der Waals surface area contributed by atoms with Gasteiger partial charge in [0.2, 0.25) is 0 Å². The van der Waals surface area contributed by atoms with Crippen LogP contribution in [0, 0.1) is 0 Å². The van der Waals surface area contributed by atoms with Gasteiger partial charge in [-0.05, 0) is 25.1 Å². The number of nitrogens with one attached hydrogen (secondary N) is 1. The first-order valence-electron chi connectivity index (χ1n) is 5.94. The van der Waals surface area contributed by atoms with Crippen LogP contribution in [0.1, 0.15) is 13.0 Å². The Morgan fingerprint density at radius 1 is 1.50 bits per heavy atom. The molecule has 1 amide bonds. The molecule has 0 aliphatic carbocycles. The molecular weight excluding hydrogens is 276 g/mol. The van der Waals surface area contributed by atoms with Crippen molar-refractivity contribution in [3.63, 3.8) is 0 Å². The summed E-state index contributed by atoms with van der Waals surface area (Å²) in [6.07, 6.45) is 2.90. The third-order valence-corrected chi connectivity index (χ3v) is 3.79. The Morgan fingerprint density at radius 3 is 3.10 bits per heavy atom. The minimum atomic E-state index is -0.449. The van der Waals surface area contributed by atoms with Crippen molar-refractivity contribution in [2.75, 3.05) is 11.1 Å². The van der Waals surface area contributed by atoms with Crippen LogP contribution in [0.25, 0.3) is 10.2 Å². The summed E-state index contributed by atoms with van der Waals surface area (Å²) in [4.78, 5) is 20.3. The Balaban J connectivity index is 1.80. The summed E-state index contributed by atoms with van der Waals surface area (Å²) in [6, 6.07) is 5.00. The van der Waals surface area contributed by atoms with Gasteiger partial charge in [0.1, 0.15) is 18.7 Å². The van der Waals surface area contributed by atoms with Gasteiger partial charge < -0.3 is 11.1 Å². The van der Waals surface area contributed by atoms with E-state index in [4.69, 9.17) is 5.73 Å². The van der Waals surface area contributed by atoms with E-state index in [9.17, 15) is 4.79 Å². The first kappa shape index (κ1) is 12.5. The maximum atomic E-state index is 12.1. The van der Waals surface area contributed by atoms with Crippen LogP contribution < -0.4 is 11.1 Å². The van der Waals surface area contributed by atoms with Crippen LogP contribution in [0.15, 0.2) is 30.9 Å². The van der Waals surface area contributed by atoms with E-state index in [1.807, 2.05) is 12.1 Å². The number of carbonyl (C=O) groups excluding carboxylic acids is 1. The van der Waals surface area contributed by atoms with Crippen LogP contribution in [0.2, 0.25) is 0 Å². The van der Waals surface area contributed by atoms with Gasteiger partial charge in [-0.2, -0.15) is 5.10 Å². The van der Waals surface area contributed by atoms with Crippen molar-refractivity contribution in [2.24, 2.45) is 0 Å². The van der Waals surface area contributed by atoms with Crippen LogP contribution in [-0.2, 0) is 4.79 Å². The highest BCUT2D eigenvalue weighted by molar-refractivity contribution is 7.22. The molecule has 0 saturated carbocycles. The number of hydrogen-bond acceptors (Lipinski definition) is 6. The van der Waals surface area contributed by atoms with Gasteiger partial charge in [0.05, 0.1) is 10.2 Å². The van der Waals surface area contributed by atoms with Crippen molar-refractivity contribution in [1.29, 1.82) is 0 Å². The van der Waals surface area contributed by atoms with E-state index in [0.717, 1.165) is 10.2 Å². The van der Waals surface area contributed by atoms with Crippen LogP contribution >= 0.6 is 11.3 Å². The zero-order valence-corrected chi connectivity index (χ0v) is 11.5. The van der Waals surface area contributed by atoms with E-state index in [1.54, 1.807) is 13.0 Å². The Bertz CT molecular complexity index is 750. The van der Waals surface area contributed by atoms with Crippen molar-refractivity contribution in [3.05, 3.63) is 30.9 Å². The smallest absolute Gasteiger partial charge is 0.250 e. The topological polar surface area (TPSA) is 98.7 Å². The third-order valence-electron chi connectivity index (χ3n) is 2.86. The Morgan fingerprint density at radius 2 is 2.35 bits per heavy atom. The summed E-state index contributed by atoms with van der Waals surface area (Å²) in [7, 11) is 0. The third kappa shape index (κ3) is 2.32. The molecule has 3 aromatic rings. The van der Waals surface area contributed by atoms with Crippen LogP contribution in [0.4, 0.5) is 10.8 Å². The van der Waals surface area contributed by atoms with Gasteiger partial charge in [-0.1, -0.05) is 11.3 Å². The number of rotatable bonds is 3. The molecule has 0 spiro atoms. The van der Waals surface area contributed by atoms with E-state index < -0.39 is 6.04 Å². The van der Waals surface area contributed by atoms with Crippen molar-refractivity contribution < 1.29 is 4.79 Å². The first-order valence-corrected chi connectivity index (χ1v) is 6.76. The maximum Gasteiger partial charge on any atom is 0.250 e. The summed E-state index contributed by atoms with van der Waals surface area (Å²) in [5.74, 6) is -0.192. The number of nitrogens with zero attached hydrogens (tertiary/aromatic N) is 4. The number of benzene rings is 1. The number of fused-ring (bicyclic) bond motifs is 1. The molecule has 0 radical (unpaired) electrons. The molecule has 2 heterocycles. The molecule has 2 aromatic heterocycles. The lowest BCUT2D eigenvalue weighted by Crippen LogP contribution is -2.23. The zero-order chi connectivity index (χ0) is 14.1. The second-order valence-corrected chi connectivity index (χ2v) is 5.32. The molecule has 102 valence electrons. The van der Waals surface area contributed by atoms with Crippen molar-refractivity contribution in [3.8, 4) is 0 Å². The number of carbonyl (C=O) groups is 1. The van der Waals surface area contributed by atoms with E-state index in [0.29, 0.717) is 10.8 Å². The number of anilines is 2. The summed E-state index contributed by atoms with van der Waals surface area (Å²) in [5.41, 5.74) is 7.21. The van der Waals surface area contributed by atoms with Gasteiger partial charge in [-0.15, -0.1) is 0 Å². The fourth-order valence-corrected chi connectivity index (χ4v) is 2.66. The molecule has 1 aromatic carbocycles. The fraction of sp³-hybridized carbons (Fsp3) is 0.167. The number of hydrogen-bond donors (Lipinski definition) is 2. The van der Waals surface area contributed by atoms with Crippen molar-refractivity contribution >= 4 is 38.3 Å². The molecule has 0 aliphatic heterocycles. The van der Waals surface area contributed by atoms with Crippen LogP contribution in [-0.4, -0.2) is 25.7 Å². The molecule has 0 fully saturated rings. The van der Waals surface area contributed by atoms with E-state index in [2.05, 4.69) is 20.4 Å². The van der Waals surface area contributed by atoms with Crippen molar-refractivity contribution in [1.82, 2.24) is 19.7 Å². The molecule has 8 heteroatoms. The Kier molecular flexibility index (Phi) is 3.07. The first-order chi connectivity index (χ1) is 9.63. The summed E-state index contributed by atoms with van der Waals surface area (Å²) in [5, 5.41) is 7.27. The van der Waals surface area contributed by atoms with Gasteiger partial charge >= 0.3 is 0 Å². The van der Waals surface area contributed by atoms with Gasteiger partial charge in [-0.3, -0.25) is 4.79 Å². The molecule has 3 rings (SSSR count). The summed E-state index contributed by atoms with van der Waals surface area (Å²) >= 11 is 1.39. The molecule has 0 saturated heterocycles. The van der Waals surface area contributed by atoms with Gasteiger partial charge in [-0.25, -0.2) is 14.6 Å². The predicted octanol–water partition coefficient (Wildman–Crippen LogP) is 1.67. The van der Waals surface area contributed by atoms with E-state index in [1.165, 1.54) is 28.7 Å². The monoisotopic (exact) mass is 288 g/mol. The SMILES string of the molecule is CC(C(=O)Nc1nc2ccc(N)cc2s1)n1cncn1. The molecule has 20 heavy (non-hydrogen) atoms. The fourth-order valence-electron chi connectivity index (χ4n) is 1.74. The number of nitrogens with two attached hydrogens (primary N) is 1. The molecule has 0 bridgehead atoms. The van der Waals surface area contributed by atoms with Crippen LogP contribution in [0.5, 0.6) is 0 Å². The number of nitrogen functional groups attached to an aromatic ring is 1. The average Bonchev–Trinajstić information content (AvgIpc) is 3.05. The van der Waals surface area contributed by atoms with Gasteiger partial charge in [0.25, 0.3) is 5.91 Å². The highest BCUT2D eigenvalue weighted by Crippen LogP contribution is 2.27. The average molecular weight is 288 g/mol. The lowest BCUT2D eigenvalue weighted by molar-refractivity contribution is -0.119. The normalized spacial score (nSPS) is 12.4. The molecule has 0 aliphatic rings. The largest absolute Gasteiger partial charge is 0.399 e. The van der Waals surface area contributed by atoms with E-state index in [-0.39, 0.29) is 5.91 Å². The number of thiazole rings is 1. The quantitative estimate of drug-likeness (QED) is 0.714. The minimum Gasteiger partial charge on any atom is -0.399 e. The second-order valence-electron chi connectivity index (χ2n) is 4.29. The molecule has 1 atom stereocenters. The molecule has 7 nitrogen and oxygen atoms in total. The van der Waals surface area contributed by atoms with Gasteiger partial charge in [0.15, 0.2) is 5.13 Å². The summed E-state index contributed by atoms with van der Waals surface area (Å²) < 4.78 is 2.43. The molecule has 3 N–H and O–H groups in total. The van der Waals surface area contributed by atoms with Crippen LogP contribution in [0.3, 0.4) is 0 Å². The number of aromatic nitrogens is 4. The molecular formula is C12H12N6OS. The second kappa shape index (κ2) is 4.89. The highest BCUT2D eigenvalue weighted by Gasteiger charge is 2.17. The van der Waals surface area contributed by atoms with Gasteiger partial charge in [0, 0.05) is 5.69 Å². The lowest BCUT2D eigenvalue weighted by atomic mass is 10.3. The highest BCUT2D eigenvalue weighted by atomic mass is 32.1. The Labute approximate surface area is 118 Å². The van der Waals surface area contributed by atoms with E-state index >= 15 is 0 Å². The maximum absolute atomic E-state index is 12.1. The number of amides is 1. The molecule has 1 unspecified atom stereocenters. The summed E-state index contributed by atoms with van der Waals surface area (Å²) in [6.45, 7) is 1.75. The predicted molar refractivity (Wildman–Crippen MR) is 77.4 cm³/mol. The Hall–Kier alpha value is -2.48. The lowest BCUT2D eigenvalue weighted by Gasteiger charge is -2.09. The standard InChI is InChI=1S/C12H12N6OS/c1-7(18-6-14-5-15-18)11(19)17-12-16-9-3-2-8(13)4-10(9)20-12/h2-7H,13H2,1H3,(H,16,17,19).